The van der Waals surface area contributed by atoms with E-state index in [2.05, 4.69) is 41.9 Å². The number of aromatic nitrogens is 1. The van der Waals surface area contributed by atoms with Crippen LogP contribution in [0, 0.1) is 5.82 Å². The molecule has 7 heteroatoms. The number of para-hydroxylation sites is 1. The summed E-state index contributed by atoms with van der Waals surface area (Å²) in [6, 6.07) is 15.9. The highest BCUT2D eigenvalue weighted by Crippen LogP contribution is 2.31. The third-order valence-electron chi connectivity index (χ3n) is 4.14. The number of nitrogens with one attached hydrogen (secondary N) is 2. The topological polar surface area (TPSA) is 71.1 Å². The first kappa shape index (κ1) is 19.8. The zero-order valence-corrected chi connectivity index (χ0v) is 16.7. The van der Waals surface area contributed by atoms with Gasteiger partial charge in [0.05, 0.1) is 16.8 Å². The van der Waals surface area contributed by atoms with Gasteiger partial charge in [-0.2, -0.15) is 0 Å². The minimum absolute atomic E-state index is 0.0183. The van der Waals surface area contributed by atoms with Crippen molar-refractivity contribution in [1.29, 1.82) is 0 Å². The van der Waals surface area contributed by atoms with Gasteiger partial charge in [0.25, 0.3) is 10.0 Å². The van der Waals surface area contributed by atoms with Gasteiger partial charge in [-0.15, -0.1) is 0 Å². The first-order chi connectivity index (χ1) is 13.1. The van der Waals surface area contributed by atoms with Gasteiger partial charge in [-0.25, -0.2) is 17.8 Å². The molecule has 0 amide bonds. The monoisotopic (exact) mass is 399 g/mol. The van der Waals surface area contributed by atoms with Crippen molar-refractivity contribution in [2.45, 2.75) is 31.1 Å². The van der Waals surface area contributed by atoms with Gasteiger partial charge in [-0.05, 0) is 53.4 Å². The molecule has 1 heterocycles. The average Bonchev–Trinajstić information content (AvgIpc) is 2.63. The molecule has 0 aliphatic heterocycles. The maximum Gasteiger partial charge on any atom is 0.261 e. The summed E-state index contributed by atoms with van der Waals surface area (Å²) < 4.78 is 40.2. The van der Waals surface area contributed by atoms with Crippen LogP contribution < -0.4 is 10.0 Å². The number of halogens is 1. The molecule has 0 saturated carbocycles. The molecule has 1 aromatic heterocycles. The number of pyridine rings is 1. The molecule has 3 rings (SSSR count). The van der Waals surface area contributed by atoms with Gasteiger partial charge in [-0.1, -0.05) is 39.0 Å². The molecule has 0 aliphatic carbocycles. The molecule has 146 valence electrons. The van der Waals surface area contributed by atoms with Gasteiger partial charge in [0.2, 0.25) is 0 Å². The molecule has 0 radical (unpaired) electrons. The second-order valence-corrected chi connectivity index (χ2v) is 9.09. The van der Waals surface area contributed by atoms with Gasteiger partial charge in [0.15, 0.2) is 0 Å². The molecule has 0 spiro atoms. The largest absolute Gasteiger partial charge is 0.340 e. The van der Waals surface area contributed by atoms with Crippen molar-refractivity contribution in [2.24, 2.45) is 0 Å². The van der Waals surface area contributed by atoms with Crippen molar-refractivity contribution < 1.29 is 12.8 Å². The molecule has 0 saturated heterocycles. The maximum absolute atomic E-state index is 13.0. The fourth-order valence-electron chi connectivity index (χ4n) is 2.74. The number of rotatable bonds is 5. The first-order valence-electron chi connectivity index (χ1n) is 8.76. The van der Waals surface area contributed by atoms with E-state index in [0.29, 0.717) is 11.5 Å². The fraction of sp³-hybridized carbons (Fsp3) is 0.190. The van der Waals surface area contributed by atoms with Crippen LogP contribution in [0.5, 0.6) is 0 Å². The summed E-state index contributed by atoms with van der Waals surface area (Å²) in [5.74, 6) is 0.105. The van der Waals surface area contributed by atoms with Gasteiger partial charge in [0, 0.05) is 5.69 Å². The molecule has 3 aromatic rings. The van der Waals surface area contributed by atoms with E-state index >= 15 is 0 Å². The number of anilines is 3. The minimum Gasteiger partial charge on any atom is -0.340 e. The number of benzene rings is 2. The Morgan fingerprint density at radius 3 is 2.21 bits per heavy atom. The number of nitrogens with zero attached hydrogens (tertiary/aromatic N) is 1. The number of hydrogen-bond donors (Lipinski definition) is 2. The summed E-state index contributed by atoms with van der Waals surface area (Å²) >= 11 is 0. The minimum atomic E-state index is -3.80. The van der Waals surface area contributed by atoms with Crippen LogP contribution in [0.15, 0.2) is 71.8 Å². The molecule has 2 N–H and O–H groups in total. The molecule has 2 aromatic carbocycles. The Hall–Kier alpha value is -2.93. The van der Waals surface area contributed by atoms with E-state index < -0.39 is 15.8 Å². The third-order valence-corrected chi connectivity index (χ3v) is 5.53. The van der Waals surface area contributed by atoms with Crippen molar-refractivity contribution in [1.82, 2.24) is 4.98 Å². The Morgan fingerprint density at radius 1 is 0.929 bits per heavy atom. The zero-order valence-electron chi connectivity index (χ0n) is 15.9. The molecular weight excluding hydrogens is 377 g/mol. The Balaban J connectivity index is 1.77. The Kier molecular flexibility index (Phi) is 5.38. The second kappa shape index (κ2) is 7.59. The highest BCUT2D eigenvalue weighted by Gasteiger charge is 2.18. The molecule has 0 aliphatic rings. The molecule has 5 nitrogen and oxygen atoms in total. The molecule has 28 heavy (non-hydrogen) atoms. The third kappa shape index (κ3) is 4.67. The van der Waals surface area contributed by atoms with Crippen molar-refractivity contribution in [3.63, 3.8) is 0 Å². The van der Waals surface area contributed by atoms with Crippen LogP contribution in [0.4, 0.5) is 21.6 Å². The van der Waals surface area contributed by atoms with Crippen molar-refractivity contribution in [3.8, 4) is 0 Å². The lowest BCUT2D eigenvalue weighted by Gasteiger charge is -2.23. The summed E-state index contributed by atoms with van der Waals surface area (Å²) in [5.41, 5.74) is 2.38. The highest BCUT2D eigenvalue weighted by molar-refractivity contribution is 7.92. The first-order valence-corrected chi connectivity index (χ1v) is 10.2. The normalized spacial score (nSPS) is 11.9. The van der Waals surface area contributed by atoms with Crippen LogP contribution in [-0.4, -0.2) is 13.4 Å². The molecular formula is C21H22FN3O2S. The van der Waals surface area contributed by atoms with Gasteiger partial charge in [-0.3, -0.25) is 4.72 Å². The van der Waals surface area contributed by atoms with Crippen LogP contribution >= 0.6 is 0 Å². The maximum atomic E-state index is 13.0. The Bertz CT molecular complexity index is 1060. The molecule has 0 atom stereocenters. The quantitative estimate of drug-likeness (QED) is 0.629. The Labute approximate surface area is 164 Å². The van der Waals surface area contributed by atoms with Crippen LogP contribution in [0.2, 0.25) is 0 Å². The second-order valence-electron chi connectivity index (χ2n) is 7.41. The lowest BCUT2D eigenvalue weighted by Crippen LogP contribution is -2.14. The van der Waals surface area contributed by atoms with E-state index in [-0.39, 0.29) is 10.3 Å². The van der Waals surface area contributed by atoms with E-state index in [0.717, 1.165) is 23.4 Å². The van der Waals surface area contributed by atoms with Gasteiger partial charge < -0.3 is 5.32 Å². The number of sulfonamides is 1. The van der Waals surface area contributed by atoms with Crippen LogP contribution in [0.25, 0.3) is 0 Å². The van der Waals surface area contributed by atoms with E-state index in [1.54, 1.807) is 12.1 Å². The number of hydrogen-bond acceptors (Lipinski definition) is 4. The average molecular weight is 399 g/mol. The highest BCUT2D eigenvalue weighted by atomic mass is 32.2. The van der Waals surface area contributed by atoms with Crippen LogP contribution in [0.3, 0.4) is 0 Å². The molecule has 0 unspecified atom stereocenters. The van der Waals surface area contributed by atoms with Crippen LogP contribution in [0.1, 0.15) is 26.3 Å². The van der Waals surface area contributed by atoms with E-state index in [9.17, 15) is 12.8 Å². The Morgan fingerprint density at radius 2 is 1.61 bits per heavy atom. The summed E-state index contributed by atoms with van der Waals surface area (Å²) in [6.45, 7) is 6.40. The van der Waals surface area contributed by atoms with E-state index in [1.165, 1.54) is 18.3 Å². The molecule has 0 bridgehead atoms. The smallest absolute Gasteiger partial charge is 0.261 e. The van der Waals surface area contributed by atoms with Gasteiger partial charge in [0.1, 0.15) is 11.6 Å². The van der Waals surface area contributed by atoms with Crippen molar-refractivity contribution in [2.75, 3.05) is 10.0 Å². The fourth-order valence-corrected chi connectivity index (χ4v) is 3.78. The predicted octanol–water partition coefficient (Wildman–Crippen LogP) is 5.06. The SMILES string of the molecule is CC(C)(C)c1ccccc1Nc1ccc(NS(=O)(=O)c2ccc(F)cc2)cn1. The van der Waals surface area contributed by atoms with Gasteiger partial charge >= 0.3 is 0 Å². The summed E-state index contributed by atoms with van der Waals surface area (Å²) in [6.07, 6.45) is 1.43. The summed E-state index contributed by atoms with van der Waals surface area (Å²) in [7, 11) is -3.80. The van der Waals surface area contributed by atoms with Crippen LogP contribution in [-0.2, 0) is 15.4 Å². The lowest BCUT2D eigenvalue weighted by molar-refractivity contribution is 0.592. The summed E-state index contributed by atoms with van der Waals surface area (Å²) in [4.78, 5) is 4.27. The van der Waals surface area contributed by atoms with E-state index in [1.807, 2.05) is 18.2 Å². The lowest BCUT2D eigenvalue weighted by atomic mass is 9.86. The predicted molar refractivity (Wildman–Crippen MR) is 110 cm³/mol. The summed E-state index contributed by atoms with van der Waals surface area (Å²) in [5, 5.41) is 3.28. The van der Waals surface area contributed by atoms with E-state index in [4.69, 9.17) is 0 Å². The van der Waals surface area contributed by atoms with Crippen molar-refractivity contribution in [3.05, 3.63) is 78.2 Å². The molecule has 0 fully saturated rings. The zero-order chi connectivity index (χ0) is 20.4. The standard InChI is InChI=1S/C21H22FN3O2S/c1-21(2,3)18-6-4-5-7-19(18)24-20-13-10-16(14-23-20)25-28(26,27)17-11-8-15(22)9-12-17/h4-14,25H,1-3H3,(H,23,24). The van der Waals surface area contributed by atoms with Crippen molar-refractivity contribution >= 4 is 27.2 Å².